The van der Waals surface area contributed by atoms with Crippen LogP contribution in [0.4, 0.5) is 45.5 Å². The van der Waals surface area contributed by atoms with Crippen LogP contribution in [0, 0.1) is 6.92 Å². The molecule has 0 aromatic heterocycles. The van der Waals surface area contributed by atoms with Crippen LogP contribution in [0.1, 0.15) is 136 Å². The molecule has 0 radical (unpaired) electrons. The molecule has 4 aliphatic rings. The van der Waals surface area contributed by atoms with Gasteiger partial charge in [-0.2, -0.15) is 0 Å². The molecule has 0 N–H and O–H groups in total. The smallest absolute Gasteiger partial charge is 0.252 e. The van der Waals surface area contributed by atoms with Gasteiger partial charge in [-0.1, -0.05) is 149 Å². The van der Waals surface area contributed by atoms with Crippen molar-refractivity contribution in [1.82, 2.24) is 0 Å². The minimum Gasteiger partial charge on any atom is -0.334 e. The number of fused-ring (bicyclic) bond motifs is 7. The number of nitrogens with zero attached hydrogens (tertiary/aromatic N) is 3. The first-order valence-corrected chi connectivity index (χ1v) is 23.4. The van der Waals surface area contributed by atoms with Crippen molar-refractivity contribution in [2.45, 2.75) is 142 Å². The van der Waals surface area contributed by atoms with E-state index in [1.807, 2.05) is 0 Å². The Morgan fingerprint density at radius 2 is 1.03 bits per heavy atom. The second-order valence-electron chi connectivity index (χ2n) is 22.7. The Balaban J connectivity index is 1.26. The van der Waals surface area contributed by atoms with Gasteiger partial charge < -0.3 is 14.7 Å². The molecule has 62 heavy (non-hydrogen) atoms. The fourth-order valence-corrected chi connectivity index (χ4v) is 11.8. The minimum atomic E-state index is -0.0418. The van der Waals surface area contributed by atoms with E-state index in [9.17, 15) is 0 Å². The summed E-state index contributed by atoms with van der Waals surface area (Å²) in [6.45, 7) is 28.4. The van der Waals surface area contributed by atoms with Crippen molar-refractivity contribution >= 4 is 68.6 Å². The average molecular weight is 816 g/mol. The fraction of sp³-hybridized carbons (Fsp3) is 0.379. The van der Waals surface area contributed by atoms with E-state index in [0.717, 1.165) is 0 Å². The summed E-state index contributed by atoms with van der Waals surface area (Å²) in [7, 11) is 0. The number of hydrogen-bond acceptors (Lipinski definition) is 3. The summed E-state index contributed by atoms with van der Waals surface area (Å²) in [5.74, 6) is 0. The van der Waals surface area contributed by atoms with E-state index in [2.05, 4.69) is 219 Å². The topological polar surface area (TPSA) is 9.72 Å². The summed E-state index contributed by atoms with van der Waals surface area (Å²) in [5.41, 5.74) is 21.2. The largest absolute Gasteiger partial charge is 0.334 e. The van der Waals surface area contributed by atoms with Crippen LogP contribution in [-0.4, -0.2) is 12.3 Å². The lowest BCUT2D eigenvalue weighted by molar-refractivity contribution is 0.261. The second-order valence-corrected chi connectivity index (χ2v) is 22.7. The molecule has 1 saturated carbocycles. The number of hydrogen-bond donors (Lipinski definition) is 0. The summed E-state index contributed by atoms with van der Waals surface area (Å²) in [5, 5.41) is 0. The molecule has 0 bridgehead atoms. The molecule has 3 aliphatic heterocycles. The van der Waals surface area contributed by atoms with Crippen LogP contribution >= 0.6 is 0 Å². The molecular weight excluding hydrogens is 749 g/mol. The van der Waals surface area contributed by atoms with E-state index in [0.29, 0.717) is 0 Å². The Morgan fingerprint density at radius 1 is 0.468 bits per heavy atom. The first-order chi connectivity index (χ1) is 29.3. The van der Waals surface area contributed by atoms with Crippen LogP contribution in [0.5, 0.6) is 0 Å². The molecule has 0 amide bonds. The maximum absolute atomic E-state index is 2.76. The van der Waals surface area contributed by atoms with E-state index in [1.165, 1.54) is 122 Å². The Hall–Kier alpha value is -5.22. The Bertz CT molecular complexity index is 2740. The van der Waals surface area contributed by atoms with Crippen molar-refractivity contribution in [2.75, 3.05) is 14.7 Å². The van der Waals surface area contributed by atoms with Gasteiger partial charge >= 0.3 is 0 Å². The van der Waals surface area contributed by atoms with Crippen molar-refractivity contribution in [3.8, 4) is 0 Å². The Morgan fingerprint density at radius 3 is 1.71 bits per heavy atom. The third-order valence-corrected chi connectivity index (χ3v) is 15.5. The van der Waals surface area contributed by atoms with E-state index in [-0.39, 0.29) is 33.9 Å². The molecule has 10 rings (SSSR count). The molecule has 6 aromatic carbocycles. The Labute approximate surface area is 373 Å². The quantitative estimate of drug-likeness (QED) is 0.165. The SMILES string of the molecule is Cc1cc2c3c(c1)N(c1cccc(C(C)(C)C)c1)c1cc(C(C)(C)C)ccc1B3c1ccc(N3c4ccccc4C4(C)CCCCCC34C)cc1N2c1ccc(C(C)(C)C)cc1. The highest BCUT2D eigenvalue weighted by Gasteiger charge is 2.57. The van der Waals surface area contributed by atoms with Gasteiger partial charge in [0.25, 0.3) is 6.71 Å². The molecule has 0 spiro atoms. The van der Waals surface area contributed by atoms with Crippen LogP contribution in [0.2, 0.25) is 0 Å². The lowest BCUT2D eigenvalue weighted by atomic mass is 9.33. The number of aryl methyl sites for hydroxylation is 1. The van der Waals surface area contributed by atoms with E-state index < -0.39 is 0 Å². The molecule has 0 saturated heterocycles. The van der Waals surface area contributed by atoms with Crippen LogP contribution in [0.25, 0.3) is 0 Å². The third kappa shape index (κ3) is 6.13. The van der Waals surface area contributed by atoms with Gasteiger partial charge in [-0.15, -0.1) is 0 Å². The number of rotatable bonds is 3. The number of para-hydroxylation sites is 1. The summed E-state index contributed by atoms with van der Waals surface area (Å²) < 4.78 is 0. The first kappa shape index (κ1) is 40.8. The molecule has 2 atom stereocenters. The molecular formula is C58H66BN3. The number of anilines is 8. The van der Waals surface area contributed by atoms with Crippen LogP contribution in [0.15, 0.2) is 121 Å². The summed E-state index contributed by atoms with van der Waals surface area (Å²) in [6, 6.07) is 47.9. The summed E-state index contributed by atoms with van der Waals surface area (Å²) >= 11 is 0. The standard InChI is InChI=1S/C58H66BN3/c1-38-33-51-53-52(34-38)61(43-20-18-19-40(35-43)55(5,6)7)49-36-41(56(8,9)10)25-29-46(49)59(53)47-30-28-44(37-50(47)60(51)42-26-23-39(24-27-42)54(2,3)4)62-48-22-15-14-21-45(48)57(11)31-16-13-17-32-58(57,62)12/h14-15,18-30,33-37H,13,16-17,31-32H2,1-12H3. The van der Waals surface area contributed by atoms with Crippen molar-refractivity contribution < 1.29 is 0 Å². The molecule has 3 nitrogen and oxygen atoms in total. The molecule has 1 aliphatic carbocycles. The predicted octanol–water partition coefficient (Wildman–Crippen LogP) is 14.1. The Kier molecular flexibility index (Phi) is 9.15. The zero-order valence-electron chi connectivity index (χ0n) is 39.5. The van der Waals surface area contributed by atoms with Gasteiger partial charge in [0.05, 0.1) is 5.54 Å². The number of benzene rings is 6. The van der Waals surface area contributed by atoms with Gasteiger partial charge in [-0.3, -0.25) is 0 Å². The van der Waals surface area contributed by atoms with E-state index in [4.69, 9.17) is 0 Å². The molecule has 6 aromatic rings. The van der Waals surface area contributed by atoms with Crippen molar-refractivity contribution in [2.24, 2.45) is 0 Å². The first-order valence-electron chi connectivity index (χ1n) is 23.4. The third-order valence-electron chi connectivity index (χ3n) is 15.5. The van der Waals surface area contributed by atoms with Gasteiger partial charge in [0.1, 0.15) is 0 Å². The van der Waals surface area contributed by atoms with Crippen molar-refractivity contribution in [3.63, 3.8) is 0 Å². The predicted molar refractivity (Wildman–Crippen MR) is 269 cm³/mol. The lowest BCUT2D eigenvalue weighted by Gasteiger charge is -2.48. The summed E-state index contributed by atoms with van der Waals surface area (Å²) in [6.07, 6.45) is 6.24. The van der Waals surface area contributed by atoms with Gasteiger partial charge in [-0.05, 0) is 148 Å². The summed E-state index contributed by atoms with van der Waals surface area (Å²) in [4.78, 5) is 7.97. The van der Waals surface area contributed by atoms with E-state index in [1.54, 1.807) is 0 Å². The van der Waals surface area contributed by atoms with Gasteiger partial charge in [-0.25, -0.2) is 0 Å². The second kappa shape index (κ2) is 13.9. The maximum atomic E-state index is 2.76. The van der Waals surface area contributed by atoms with E-state index >= 15 is 0 Å². The van der Waals surface area contributed by atoms with Gasteiger partial charge in [0.15, 0.2) is 0 Å². The highest BCUT2D eigenvalue weighted by atomic mass is 15.3. The molecule has 4 heteroatoms. The molecule has 3 heterocycles. The molecule has 316 valence electrons. The average Bonchev–Trinajstić information content (AvgIpc) is 3.28. The molecule has 1 fully saturated rings. The maximum Gasteiger partial charge on any atom is 0.252 e. The minimum absolute atomic E-state index is 0.00395. The van der Waals surface area contributed by atoms with Crippen LogP contribution in [-0.2, 0) is 21.7 Å². The normalized spacial score (nSPS) is 20.6. The van der Waals surface area contributed by atoms with Crippen molar-refractivity contribution in [3.05, 3.63) is 149 Å². The highest BCUT2D eigenvalue weighted by Crippen LogP contribution is 2.60. The monoisotopic (exact) mass is 816 g/mol. The molecule has 2 unspecified atom stereocenters. The van der Waals surface area contributed by atoms with Crippen molar-refractivity contribution in [1.29, 1.82) is 0 Å². The van der Waals surface area contributed by atoms with Crippen LogP contribution < -0.4 is 31.1 Å². The zero-order chi connectivity index (χ0) is 43.7. The van der Waals surface area contributed by atoms with Gasteiger partial charge in [0.2, 0.25) is 0 Å². The highest BCUT2D eigenvalue weighted by molar-refractivity contribution is 7.00. The fourth-order valence-electron chi connectivity index (χ4n) is 11.8. The zero-order valence-corrected chi connectivity index (χ0v) is 39.5. The lowest BCUT2D eigenvalue weighted by Crippen LogP contribution is -2.61. The van der Waals surface area contributed by atoms with Crippen LogP contribution in [0.3, 0.4) is 0 Å². The van der Waals surface area contributed by atoms with Gasteiger partial charge in [0, 0.05) is 50.9 Å².